The molecule has 0 unspecified atom stereocenters. The van der Waals surface area contributed by atoms with Gasteiger partial charge in [-0.15, -0.1) is 0 Å². The smallest absolute Gasteiger partial charge is 0.0178 e. The molecular formula is C11H16N2. The normalized spacial score (nSPS) is 18.6. The summed E-state index contributed by atoms with van der Waals surface area (Å²) in [6.07, 6.45) is 0. The summed E-state index contributed by atoms with van der Waals surface area (Å²) < 4.78 is 0. The van der Waals surface area contributed by atoms with E-state index in [4.69, 9.17) is 5.73 Å². The zero-order chi connectivity index (χ0) is 9.26. The Bertz CT molecular complexity index is 290. The van der Waals surface area contributed by atoms with Crippen molar-refractivity contribution in [3.63, 3.8) is 0 Å². The third-order valence-corrected chi connectivity index (χ3v) is 2.72. The van der Waals surface area contributed by atoms with Gasteiger partial charge in [-0.1, -0.05) is 24.3 Å². The Morgan fingerprint density at radius 1 is 1.46 bits per heavy atom. The maximum absolute atomic E-state index is 5.60. The van der Waals surface area contributed by atoms with Crippen molar-refractivity contribution < 1.29 is 0 Å². The van der Waals surface area contributed by atoms with Gasteiger partial charge >= 0.3 is 0 Å². The number of hydrogen-bond donors (Lipinski definition) is 1. The molecule has 0 spiro atoms. The largest absolute Gasteiger partial charge is 0.326 e. The average molecular weight is 176 g/mol. The molecule has 1 fully saturated rings. The van der Waals surface area contributed by atoms with Crippen molar-refractivity contribution in [3.05, 3.63) is 35.4 Å². The molecule has 1 aromatic rings. The van der Waals surface area contributed by atoms with Crippen molar-refractivity contribution in [2.24, 2.45) is 5.73 Å². The summed E-state index contributed by atoms with van der Waals surface area (Å²) >= 11 is 0. The quantitative estimate of drug-likeness (QED) is 0.733. The Kier molecular flexibility index (Phi) is 2.34. The third-order valence-electron chi connectivity index (χ3n) is 2.72. The summed E-state index contributed by atoms with van der Waals surface area (Å²) in [5, 5.41) is 0. The van der Waals surface area contributed by atoms with E-state index in [0.29, 0.717) is 6.54 Å². The van der Waals surface area contributed by atoms with E-state index < -0.39 is 0 Å². The molecule has 13 heavy (non-hydrogen) atoms. The predicted octanol–water partition coefficient (Wildman–Crippen LogP) is 1.17. The van der Waals surface area contributed by atoms with Crippen LogP contribution >= 0.6 is 0 Å². The number of nitrogens with two attached hydrogens (primary N) is 1. The first-order chi connectivity index (χ1) is 6.29. The van der Waals surface area contributed by atoms with Crippen LogP contribution in [0.3, 0.4) is 0 Å². The molecule has 70 valence electrons. The van der Waals surface area contributed by atoms with Gasteiger partial charge in [0.15, 0.2) is 0 Å². The molecule has 1 heterocycles. The van der Waals surface area contributed by atoms with Gasteiger partial charge in [0.1, 0.15) is 0 Å². The van der Waals surface area contributed by atoms with Crippen molar-refractivity contribution >= 4 is 0 Å². The van der Waals surface area contributed by atoms with Gasteiger partial charge in [0, 0.05) is 25.6 Å². The molecule has 2 N–H and O–H groups in total. The summed E-state index contributed by atoms with van der Waals surface area (Å²) in [6.45, 7) is 3.03. The minimum atomic E-state index is 0.649. The zero-order valence-corrected chi connectivity index (χ0v) is 8.03. The first-order valence-electron chi connectivity index (χ1n) is 4.77. The van der Waals surface area contributed by atoms with Crippen LogP contribution in [0.15, 0.2) is 24.3 Å². The summed E-state index contributed by atoms with van der Waals surface area (Å²) in [6, 6.07) is 8.64. The number of rotatable bonds is 2. The van der Waals surface area contributed by atoms with Crippen LogP contribution in [0.4, 0.5) is 0 Å². The summed E-state index contributed by atoms with van der Waals surface area (Å²) in [5.74, 6) is 0.733. The first kappa shape index (κ1) is 8.73. The van der Waals surface area contributed by atoms with E-state index in [1.165, 1.54) is 24.2 Å². The standard InChI is InChI=1S/C11H16N2/c1-13-7-11(8-13)10-4-2-3-9(5-10)6-12/h2-5,11H,6-8,12H2,1H3. The fourth-order valence-electron chi connectivity index (χ4n) is 1.88. The molecule has 0 amide bonds. The van der Waals surface area contributed by atoms with E-state index in [1.807, 2.05) is 0 Å². The lowest BCUT2D eigenvalue weighted by atomic mass is 9.91. The molecule has 1 aromatic carbocycles. The lowest BCUT2D eigenvalue weighted by Gasteiger charge is -2.36. The minimum Gasteiger partial charge on any atom is -0.326 e. The molecule has 0 bridgehead atoms. The molecule has 1 aliphatic rings. The lowest BCUT2D eigenvalue weighted by molar-refractivity contribution is 0.189. The van der Waals surface area contributed by atoms with Crippen molar-refractivity contribution in [1.82, 2.24) is 4.90 Å². The van der Waals surface area contributed by atoms with Crippen LogP contribution in [0.5, 0.6) is 0 Å². The molecule has 2 heteroatoms. The zero-order valence-electron chi connectivity index (χ0n) is 8.03. The van der Waals surface area contributed by atoms with E-state index in [2.05, 4.69) is 36.2 Å². The number of hydrogen-bond acceptors (Lipinski definition) is 2. The van der Waals surface area contributed by atoms with Gasteiger partial charge in [-0.05, 0) is 18.2 Å². The van der Waals surface area contributed by atoms with E-state index in [-0.39, 0.29) is 0 Å². The van der Waals surface area contributed by atoms with Gasteiger partial charge < -0.3 is 10.6 Å². The van der Waals surface area contributed by atoms with Gasteiger partial charge in [-0.2, -0.15) is 0 Å². The Morgan fingerprint density at radius 3 is 2.85 bits per heavy atom. The van der Waals surface area contributed by atoms with Crippen LogP contribution in [-0.4, -0.2) is 25.0 Å². The lowest BCUT2D eigenvalue weighted by Crippen LogP contribution is -2.41. The summed E-state index contributed by atoms with van der Waals surface area (Å²) in [4.78, 5) is 2.33. The Hall–Kier alpha value is -0.860. The molecule has 0 aliphatic carbocycles. The van der Waals surface area contributed by atoms with Crippen molar-refractivity contribution in [2.45, 2.75) is 12.5 Å². The molecule has 0 radical (unpaired) electrons. The maximum atomic E-state index is 5.60. The van der Waals surface area contributed by atoms with Crippen molar-refractivity contribution in [2.75, 3.05) is 20.1 Å². The van der Waals surface area contributed by atoms with Crippen LogP contribution in [0.1, 0.15) is 17.0 Å². The first-order valence-corrected chi connectivity index (χ1v) is 4.77. The number of nitrogens with zero attached hydrogens (tertiary/aromatic N) is 1. The van der Waals surface area contributed by atoms with Gasteiger partial charge in [0.05, 0.1) is 0 Å². The highest BCUT2D eigenvalue weighted by Crippen LogP contribution is 2.25. The van der Waals surface area contributed by atoms with Crippen LogP contribution in [0.25, 0.3) is 0 Å². The topological polar surface area (TPSA) is 29.3 Å². The second-order valence-electron chi connectivity index (χ2n) is 3.87. The number of likely N-dealkylation sites (N-methyl/N-ethyl adjacent to an activating group) is 1. The van der Waals surface area contributed by atoms with E-state index in [0.717, 1.165) is 5.92 Å². The Morgan fingerprint density at radius 2 is 2.23 bits per heavy atom. The fourth-order valence-corrected chi connectivity index (χ4v) is 1.88. The second-order valence-corrected chi connectivity index (χ2v) is 3.87. The van der Waals surface area contributed by atoms with Gasteiger partial charge in [0.2, 0.25) is 0 Å². The summed E-state index contributed by atoms with van der Waals surface area (Å²) in [5.41, 5.74) is 8.28. The molecule has 2 nitrogen and oxygen atoms in total. The van der Waals surface area contributed by atoms with Crippen LogP contribution in [0, 0.1) is 0 Å². The van der Waals surface area contributed by atoms with Gasteiger partial charge in [-0.25, -0.2) is 0 Å². The van der Waals surface area contributed by atoms with Crippen LogP contribution in [0.2, 0.25) is 0 Å². The van der Waals surface area contributed by atoms with Crippen molar-refractivity contribution in [1.29, 1.82) is 0 Å². The van der Waals surface area contributed by atoms with Crippen LogP contribution < -0.4 is 5.73 Å². The number of benzene rings is 1. The molecule has 1 aliphatic heterocycles. The molecular weight excluding hydrogens is 160 g/mol. The van der Waals surface area contributed by atoms with E-state index >= 15 is 0 Å². The molecule has 2 rings (SSSR count). The minimum absolute atomic E-state index is 0.649. The summed E-state index contributed by atoms with van der Waals surface area (Å²) in [7, 11) is 2.16. The van der Waals surface area contributed by atoms with Crippen LogP contribution in [-0.2, 0) is 6.54 Å². The Labute approximate surface area is 79.4 Å². The fraction of sp³-hybridized carbons (Fsp3) is 0.455. The molecule has 0 saturated carbocycles. The highest BCUT2D eigenvalue weighted by atomic mass is 15.2. The molecule has 0 aromatic heterocycles. The van der Waals surface area contributed by atoms with Crippen molar-refractivity contribution in [3.8, 4) is 0 Å². The van der Waals surface area contributed by atoms with Gasteiger partial charge in [0.25, 0.3) is 0 Å². The Balaban J connectivity index is 2.12. The molecule has 1 saturated heterocycles. The monoisotopic (exact) mass is 176 g/mol. The van der Waals surface area contributed by atoms with Gasteiger partial charge in [-0.3, -0.25) is 0 Å². The maximum Gasteiger partial charge on any atom is 0.0178 e. The highest BCUT2D eigenvalue weighted by Gasteiger charge is 2.24. The molecule has 0 atom stereocenters. The predicted molar refractivity (Wildman–Crippen MR) is 54.6 cm³/mol. The highest BCUT2D eigenvalue weighted by molar-refractivity contribution is 5.28. The third kappa shape index (κ3) is 1.74. The SMILES string of the molecule is CN1CC(c2cccc(CN)c2)C1. The average Bonchev–Trinajstić information content (AvgIpc) is 2.13. The second kappa shape index (κ2) is 3.48. The van der Waals surface area contributed by atoms with E-state index in [9.17, 15) is 0 Å². The van der Waals surface area contributed by atoms with E-state index in [1.54, 1.807) is 0 Å². The number of likely N-dealkylation sites (tertiary alicyclic amines) is 1.